The van der Waals surface area contributed by atoms with Crippen LogP contribution < -0.4 is 10.6 Å². The summed E-state index contributed by atoms with van der Waals surface area (Å²) in [4.78, 5) is 62.8. The summed E-state index contributed by atoms with van der Waals surface area (Å²) in [7, 11) is 0. The van der Waals surface area contributed by atoms with Gasteiger partial charge in [0.1, 0.15) is 6.54 Å². The van der Waals surface area contributed by atoms with E-state index in [9.17, 15) is 24.0 Å². The van der Waals surface area contributed by atoms with Crippen molar-refractivity contribution in [3.05, 3.63) is 35.9 Å². The van der Waals surface area contributed by atoms with Gasteiger partial charge in [-0.3, -0.25) is 29.4 Å². The molecule has 0 unspecified atom stereocenters. The molecule has 0 bridgehead atoms. The molecule has 30 heavy (non-hydrogen) atoms. The Balaban J connectivity index is 1.70. The highest BCUT2D eigenvalue weighted by Gasteiger charge is 2.48. The van der Waals surface area contributed by atoms with Crippen molar-refractivity contribution in [2.24, 2.45) is 11.8 Å². The fourth-order valence-corrected chi connectivity index (χ4v) is 3.97. The van der Waals surface area contributed by atoms with Crippen LogP contribution in [0.2, 0.25) is 0 Å². The first-order chi connectivity index (χ1) is 14.4. The molecule has 2 fully saturated rings. The SMILES string of the molecule is CCNC(=O)NC(=O)[C@H](OC(=O)CN1C(=O)[C@H]2CCCC[C@H]2C1=O)c1ccccc1. The van der Waals surface area contributed by atoms with Crippen molar-refractivity contribution in [3.63, 3.8) is 0 Å². The van der Waals surface area contributed by atoms with Gasteiger partial charge in [-0.2, -0.15) is 0 Å². The van der Waals surface area contributed by atoms with Crippen LogP contribution in [0.15, 0.2) is 30.3 Å². The molecule has 1 aromatic rings. The third kappa shape index (κ3) is 4.67. The molecular weight excluding hydrogens is 390 g/mol. The lowest BCUT2D eigenvalue weighted by molar-refractivity contribution is -0.160. The van der Waals surface area contributed by atoms with E-state index in [1.165, 1.54) is 0 Å². The molecule has 2 aliphatic rings. The first-order valence-electron chi connectivity index (χ1n) is 10.1. The third-order valence-electron chi connectivity index (χ3n) is 5.38. The van der Waals surface area contributed by atoms with Gasteiger partial charge in [-0.1, -0.05) is 43.2 Å². The van der Waals surface area contributed by atoms with E-state index in [1.807, 2.05) is 0 Å². The molecule has 1 saturated heterocycles. The van der Waals surface area contributed by atoms with Crippen LogP contribution in [0.5, 0.6) is 0 Å². The molecule has 2 N–H and O–H groups in total. The molecule has 0 spiro atoms. The maximum atomic E-state index is 12.6. The summed E-state index contributed by atoms with van der Waals surface area (Å²) in [6.07, 6.45) is 1.66. The maximum Gasteiger partial charge on any atom is 0.327 e. The van der Waals surface area contributed by atoms with Crippen LogP contribution in [0.25, 0.3) is 0 Å². The minimum Gasteiger partial charge on any atom is -0.446 e. The van der Waals surface area contributed by atoms with Gasteiger partial charge in [0.25, 0.3) is 5.91 Å². The quantitative estimate of drug-likeness (QED) is 0.533. The number of rotatable bonds is 6. The lowest BCUT2D eigenvalue weighted by atomic mass is 9.81. The van der Waals surface area contributed by atoms with Gasteiger partial charge >= 0.3 is 12.0 Å². The number of hydrogen-bond acceptors (Lipinski definition) is 6. The molecule has 1 aliphatic carbocycles. The number of imide groups is 2. The van der Waals surface area contributed by atoms with Crippen molar-refractivity contribution < 1.29 is 28.7 Å². The molecule has 9 heteroatoms. The summed E-state index contributed by atoms with van der Waals surface area (Å²) >= 11 is 0. The molecule has 1 saturated carbocycles. The Hall–Kier alpha value is -3.23. The van der Waals surface area contributed by atoms with E-state index in [0.717, 1.165) is 17.7 Å². The van der Waals surface area contributed by atoms with E-state index < -0.39 is 30.6 Å². The Morgan fingerprint density at radius 2 is 1.67 bits per heavy atom. The summed E-state index contributed by atoms with van der Waals surface area (Å²) in [5.74, 6) is -3.17. The number of amides is 5. The normalized spacial score (nSPS) is 21.6. The standard InChI is InChI=1S/C21H25N3O6/c1-2-22-21(29)23-18(26)17(13-8-4-3-5-9-13)30-16(25)12-24-19(27)14-10-6-7-11-15(14)20(24)28/h3-5,8-9,14-15,17H,2,6-7,10-12H2,1H3,(H2,22,23,26,29)/t14-,15+,17-/m1/s1. The highest BCUT2D eigenvalue weighted by atomic mass is 16.5. The number of carbonyl (C=O) groups excluding carboxylic acids is 5. The summed E-state index contributed by atoms with van der Waals surface area (Å²) in [5, 5.41) is 4.55. The molecule has 1 aromatic carbocycles. The Bertz CT molecular complexity index is 816. The van der Waals surface area contributed by atoms with Crippen LogP contribution >= 0.6 is 0 Å². The zero-order valence-corrected chi connectivity index (χ0v) is 16.8. The van der Waals surface area contributed by atoms with Gasteiger partial charge in [0.2, 0.25) is 17.9 Å². The van der Waals surface area contributed by atoms with Crippen LogP contribution in [0, 0.1) is 11.8 Å². The lowest BCUT2D eigenvalue weighted by Gasteiger charge is -2.20. The first kappa shape index (κ1) is 21.5. The molecular formula is C21H25N3O6. The second-order valence-corrected chi connectivity index (χ2v) is 7.39. The molecule has 160 valence electrons. The molecule has 9 nitrogen and oxygen atoms in total. The Morgan fingerprint density at radius 1 is 1.07 bits per heavy atom. The number of nitrogens with zero attached hydrogens (tertiary/aromatic N) is 1. The first-order valence-corrected chi connectivity index (χ1v) is 10.1. The number of ether oxygens (including phenoxy) is 1. The van der Waals surface area contributed by atoms with Gasteiger partial charge < -0.3 is 10.1 Å². The van der Waals surface area contributed by atoms with Crippen LogP contribution in [-0.2, 0) is 23.9 Å². The fourth-order valence-electron chi connectivity index (χ4n) is 3.97. The zero-order chi connectivity index (χ0) is 21.7. The minimum atomic E-state index is -1.39. The average molecular weight is 415 g/mol. The number of likely N-dealkylation sites (tertiary alicyclic amines) is 1. The number of fused-ring (bicyclic) bond motifs is 1. The highest BCUT2D eigenvalue weighted by molar-refractivity contribution is 6.07. The predicted molar refractivity (Wildman–Crippen MR) is 105 cm³/mol. The minimum absolute atomic E-state index is 0.316. The molecule has 0 aromatic heterocycles. The second-order valence-electron chi connectivity index (χ2n) is 7.39. The number of carbonyl (C=O) groups is 5. The van der Waals surface area contributed by atoms with E-state index in [2.05, 4.69) is 10.6 Å². The predicted octanol–water partition coefficient (Wildman–Crippen LogP) is 1.29. The molecule has 1 aliphatic heterocycles. The van der Waals surface area contributed by atoms with Gasteiger partial charge in [-0.15, -0.1) is 0 Å². The summed E-state index contributed by atoms with van der Waals surface area (Å²) < 4.78 is 5.31. The van der Waals surface area contributed by atoms with E-state index in [4.69, 9.17) is 4.74 Å². The Morgan fingerprint density at radius 3 is 2.23 bits per heavy atom. The molecule has 5 amide bonds. The summed E-state index contributed by atoms with van der Waals surface area (Å²) in [5.41, 5.74) is 0.361. The second kappa shape index (κ2) is 9.51. The number of esters is 1. The van der Waals surface area contributed by atoms with Crippen molar-refractivity contribution in [2.45, 2.75) is 38.7 Å². The van der Waals surface area contributed by atoms with Crippen molar-refractivity contribution in [1.82, 2.24) is 15.5 Å². The largest absolute Gasteiger partial charge is 0.446 e. The van der Waals surface area contributed by atoms with Gasteiger partial charge in [-0.05, 0) is 19.8 Å². The number of nitrogens with one attached hydrogen (secondary N) is 2. The Kier molecular flexibility index (Phi) is 6.81. The molecule has 3 atom stereocenters. The highest BCUT2D eigenvalue weighted by Crippen LogP contribution is 2.38. The summed E-state index contributed by atoms with van der Waals surface area (Å²) in [6, 6.07) is 7.49. The summed E-state index contributed by atoms with van der Waals surface area (Å²) in [6.45, 7) is 1.46. The Labute approximate surface area is 174 Å². The van der Waals surface area contributed by atoms with Crippen molar-refractivity contribution in [1.29, 1.82) is 0 Å². The van der Waals surface area contributed by atoms with Crippen LogP contribution in [0.4, 0.5) is 4.79 Å². The average Bonchev–Trinajstić information content (AvgIpc) is 2.98. The van der Waals surface area contributed by atoms with Crippen molar-refractivity contribution >= 4 is 29.7 Å². The molecule has 0 radical (unpaired) electrons. The lowest BCUT2D eigenvalue weighted by Crippen LogP contribution is -2.43. The van der Waals surface area contributed by atoms with Crippen LogP contribution in [0.3, 0.4) is 0 Å². The smallest absolute Gasteiger partial charge is 0.327 e. The molecule has 1 heterocycles. The van der Waals surface area contributed by atoms with E-state index in [1.54, 1.807) is 37.3 Å². The van der Waals surface area contributed by atoms with Gasteiger partial charge in [-0.25, -0.2) is 4.79 Å². The van der Waals surface area contributed by atoms with Crippen LogP contribution in [0.1, 0.15) is 44.3 Å². The maximum absolute atomic E-state index is 12.6. The topological polar surface area (TPSA) is 122 Å². The van der Waals surface area contributed by atoms with E-state index in [0.29, 0.717) is 24.9 Å². The molecule has 3 rings (SSSR count). The van der Waals surface area contributed by atoms with Gasteiger partial charge in [0, 0.05) is 12.1 Å². The third-order valence-corrected chi connectivity index (χ3v) is 5.38. The van der Waals surface area contributed by atoms with E-state index in [-0.39, 0.29) is 23.7 Å². The van der Waals surface area contributed by atoms with Crippen molar-refractivity contribution in [3.8, 4) is 0 Å². The van der Waals surface area contributed by atoms with E-state index >= 15 is 0 Å². The fraction of sp³-hybridized carbons (Fsp3) is 0.476. The number of benzene rings is 1. The van der Waals surface area contributed by atoms with Crippen molar-refractivity contribution in [2.75, 3.05) is 13.1 Å². The van der Waals surface area contributed by atoms with Gasteiger partial charge in [0.05, 0.1) is 11.8 Å². The number of hydrogen-bond donors (Lipinski definition) is 2. The van der Waals surface area contributed by atoms with Crippen LogP contribution in [-0.4, -0.2) is 47.7 Å². The number of urea groups is 1. The van der Waals surface area contributed by atoms with Gasteiger partial charge in [0.15, 0.2) is 0 Å². The zero-order valence-electron chi connectivity index (χ0n) is 16.8. The monoisotopic (exact) mass is 415 g/mol.